The van der Waals surface area contributed by atoms with Gasteiger partial charge in [-0.05, 0) is 12.5 Å². The number of anilines is 1. The van der Waals surface area contributed by atoms with Crippen molar-refractivity contribution in [2.75, 3.05) is 18.0 Å². The number of nitrogens with zero attached hydrogens (tertiary/aromatic N) is 7. The highest BCUT2D eigenvalue weighted by molar-refractivity contribution is 5.89. The third-order valence-corrected chi connectivity index (χ3v) is 6.21. The second kappa shape index (κ2) is 8.52. The van der Waals surface area contributed by atoms with Gasteiger partial charge in [-0.2, -0.15) is 15.6 Å². The smallest absolute Gasteiger partial charge is 0.178 e. The molecule has 170 valence electrons. The van der Waals surface area contributed by atoms with Gasteiger partial charge in [-0.25, -0.2) is 23.1 Å². The fraction of sp³-hybridized carbons (Fsp3) is 0.261. The predicted molar refractivity (Wildman–Crippen MR) is 116 cm³/mol. The number of fused-ring (bicyclic) bond motifs is 1. The molecule has 1 aromatic carbocycles. The van der Waals surface area contributed by atoms with Crippen molar-refractivity contribution in [3.8, 4) is 23.4 Å². The quantitative estimate of drug-likeness (QED) is 0.447. The summed E-state index contributed by atoms with van der Waals surface area (Å²) in [6.07, 6.45) is 7.39. The fourth-order valence-electron chi connectivity index (χ4n) is 4.62. The van der Waals surface area contributed by atoms with Gasteiger partial charge in [-0.15, -0.1) is 0 Å². The summed E-state index contributed by atoms with van der Waals surface area (Å²) >= 11 is 0. The minimum absolute atomic E-state index is 0.135. The molecule has 2 atom stereocenters. The Morgan fingerprint density at radius 1 is 1.21 bits per heavy atom. The summed E-state index contributed by atoms with van der Waals surface area (Å²) in [6, 6.07) is 5.73. The molecule has 1 saturated heterocycles. The first-order valence-electron chi connectivity index (χ1n) is 10.5. The minimum atomic E-state index is -1.40. The van der Waals surface area contributed by atoms with Crippen molar-refractivity contribution in [3.63, 3.8) is 0 Å². The Kier molecular flexibility index (Phi) is 5.38. The molecule has 34 heavy (non-hydrogen) atoms. The van der Waals surface area contributed by atoms with Gasteiger partial charge < -0.3 is 9.88 Å². The van der Waals surface area contributed by atoms with E-state index in [4.69, 9.17) is 0 Å². The first-order valence-corrected chi connectivity index (χ1v) is 10.5. The van der Waals surface area contributed by atoms with E-state index in [1.165, 1.54) is 11.2 Å². The fourth-order valence-corrected chi connectivity index (χ4v) is 4.62. The standard InChI is InChI=1S/C23H17F3N8/c24-17-7-18(25)22(16(8-28)20(17)26)33-6-3-13(10-33)19(1-4-27)34-11-14(9-32-34)21-15-2-5-29-23(15)31-12-30-21/h2,5,7,9,11-13,19H,1,3,6,10H2,(H,29,30,31). The van der Waals surface area contributed by atoms with Crippen LogP contribution in [0.2, 0.25) is 0 Å². The lowest BCUT2D eigenvalue weighted by molar-refractivity contribution is 0.332. The van der Waals surface area contributed by atoms with Crippen molar-refractivity contribution < 1.29 is 13.2 Å². The molecule has 3 aromatic heterocycles. The Morgan fingerprint density at radius 3 is 2.85 bits per heavy atom. The summed E-state index contributed by atoms with van der Waals surface area (Å²) in [6.45, 7) is 0.584. The highest BCUT2D eigenvalue weighted by Crippen LogP contribution is 2.37. The van der Waals surface area contributed by atoms with E-state index >= 15 is 0 Å². The second-order valence-corrected chi connectivity index (χ2v) is 8.09. The third kappa shape index (κ3) is 3.52. The molecule has 1 N–H and O–H groups in total. The van der Waals surface area contributed by atoms with Crippen LogP contribution in [0.15, 0.2) is 37.1 Å². The van der Waals surface area contributed by atoms with Crippen molar-refractivity contribution in [1.29, 1.82) is 10.5 Å². The van der Waals surface area contributed by atoms with Crippen molar-refractivity contribution in [2.24, 2.45) is 5.92 Å². The van der Waals surface area contributed by atoms with Crippen LogP contribution in [0, 0.1) is 46.0 Å². The van der Waals surface area contributed by atoms with E-state index in [0.717, 1.165) is 10.9 Å². The molecule has 11 heteroatoms. The van der Waals surface area contributed by atoms with E-state index in [0.29, 0.717) is 30.4 Å². The number of aromatic nitrogens is 5. The van der Waals surface area contributed by atoms with Crippen molar-refractivity contribution >= 4 is 16.7 Å². The Morgan fingerprint density at radius 2 is 2.06 bits per heavy atom. The highest BCUT2D eigenvalue weighted by atomic mass is 19.2. The SMILES string of the molecule is N#CCC(C1CCN(c2c(F)cc(F)c(F)c2C#N)C1)n1cc(-c2ncnc3[nH]ccc23)cn1. The topological polar surface area (TPSA) is 110 Å². The van der Waals surface area contributed by atoms with E-state index in [1.807, 2.05) is 6.07 Å². The summed E-state index contributed by atoms with van der Waals surface area (Å²) in [4.78, 5) is 13.1. The number of aromatic amines is 1. The Bertz CT molecular complexity index is 1460. The number of H-pyrrole nitrogens is 1. The average molecular weight is 462 g/mol. The van der Waals surface area contributed by atoms with Crippen LogP contribution in [-0.2, 0) is 0 Å². The van der Waals surface area contributed by atoms with Crippen molar-refractivity contribution in [3.05, 3.63) is 60.1 Å². The van der Waals surface area contributed by atoms with Crippen LogP contribution in [0.4, 0.5) is 18.9 Å². The number of rotatable bonds is 5. The summed E-state index contributed by atoms with van der Waals surface area (Å²) in [5.41, 5.74) is 1.24. The number of halogens is 3. The summed E-state index contributed by atoms with van der Waals surface area (Å²) in [5, 5.41) is 24.0. The van der Waals surface area contributed by atoms with Crippen LogP contribution < -0.4 is 4.90 Å². The Balaban J connectivity index is 1.44. The van der Waals surface area contributed by atoms with E-state index in [2.05, 4.69) is 26.1 Å². The van der Waals surface area contributed by atoms with Gasteiger partial charge in [0.1, 0.15) is 23.6 Å². The predicted octanol–water partition coefficient (Wildman–Crippen LogP) is 4.09. The number of hydrogen-bond acceptors (Lipinski definition) is 6. The zero-order chi connectivity index (χ0) is 23.8. The van der Waals surface area contributed by atoms with Crippen LogP contribution in [0.5, 0.6) is 0 Å². The van der Waals surface area contributed by atoms with Crippen LogP contribution in [0.3, 0.4) is 0 Å². The van der Waals surface area contributed by atoms with Gasteiger partial charge in [0.15, 0.2) is 17.5 Å². The molecule has 1 aliphatic rings. The molecule has 0 saturated carbocycles. The average Bonchev–Trinajstić information content (AvgIpc) is 3.60. The lowest BCUT2D eigenvalue weighted by Gasteiger charge is -2.24. The molecule has 8 nitrogen and oxygen atoms in total. The normalized spacial score (nSPS) is 16.5. The van der Waals surface area contributed by atoms with Crippen LogP contribution in [0.1, 0.15) is 24.4 Å². The highest BCUT2D eigenvalue weighted by Gasteiger charge is 2.34. The van der Waals surface area contributed by atoms with Crippen LogP contribution >= 0.6 is 0 Å². The largest absolute Gasteiger partial charge is 0.368 e. The van der Waals surface area contributed by atoms with Gasteiger partial charge in [-0.1, -0.05) is 0 Å². The van der Waals surface area contributed by atoms with Crippen LogP contribution in [0.25, 0.3) is 22.3 Å². The number of nitriles is 2. The van der Waals surface area contributed by atoms with Gasteiger partial charge >= 0.3 is 0 Å². The molecule has 5 rings (SSSR count). The molecule has 0 spiro atoms. The van der Waals surface area contributed by atoms with Gasteiger partial charge in [0.25, 0.3) is 0 Å². The first-order chi connectivity index (χ1) is 16.5. The molecule has 1 aliphatic heterocycles. The Labute approximate surface area is 191 Å². The molecular weight excluding hydrogens is 445 g/mol. The van der Waals surface area contributed by atoms with Crippen LogP contribution in [-0.4, -0.2) is 37.8 Å². The number of benzene rings is 1. The molecule has 0 aliphatic carbocycles. The van der Waals surface area contributed by atoms with E-state index < -0.39 is 23.0 Å². The molecule has 0 bridgehead atoms. The maximum Gasteiger partial charge on any atom is 0.178 e. The van der Waals surface area contributed by atoms with E-state index in [9.17, 15) is 23.7 Å². The van der Waals surface area contributed by atoms with Gasteiger partial charge in [0.2, 0.25) is 0 Å². The zero-order valence-corrected chi connectivity index (χ0v) is 17.7. The van der Waals surface area contributed by atoms with E-state index in [1.54, 1.807) is 29.3 Å². The van der Waals surface area contributed by atoms with Crippen molar-refractivity contribution in [1.82, 2.24) is 24.7 Å². The van der Waals surface area contributed by atoms with Gasteiger partial charge in [0, 0.05) is 48.4 Å². The summed E-state index contributed by atoms with van der Waals surface area (Å²) in [5.74, 6) is -3.90. The third-order valence-electron chi connectivity index (χ3n) is 6.21. The molecule has 1 fully saturated rings. The maximum atomic E-state index is 14.5. The summed E-state index contributed by atoms with van der Waals surface area (Å²) in [7, 11) is 0. The van der Waals surface area contributed by atoms with Gasteiger partial charge in [0.05, 0.1) is 36.1 Å². The summed E-state index contributed by atoms with van der Waals surface area (Å²) < 4.78 is 44.0. The monoisotopic (exact) mass is 462 g/mol. The van der Waals surface area contributed by atoms with Gasteiger partial charge in [-0.3, -0.25) is 4.68 Å². The second-order valence-electron chi connectivity index (χ2n) is 8.09. The lowest BCUT2D eigenvalue weighted by atomic mass is 9.96. The lowest BCUT2D eigenvalue weighted by Crippen LogP contribution is -2.26. The number of nitrogens with one attached hydrogen (secondary N) is 1. The first kappa shape index (κ1) is 21.5. The molecule has 0 amide bonds. The minimum Gasteiger partial charge on any atom is -0.368 e. The molecular formula is C23H17F3N8. The Hall–Kier alpha value is -4.38. The molecule has 4 aromatic rings. The number of hydrogen-bond donors (Lipinski definition) is 1. The maximum absolute atomic E-state index is 14.5. The molecule has 2 unspecified atom stereocenters. The molecule has 4 heterocycles. The molecule has 0 radical (unpaired) electrons. The van der Waals surface area contributed by atoms with Crippen molar-refractivity contribution in [2.45, 2.75) is 18.9 Å². The van der Waals surface area contributed by atoms with E-state index in [-0.39, 0.29) is 30.6 Å². The zero-order valence-electron chi connectivity index (χ0n) is 17.7.